The molecule has 0 aromatic rings. The standard InChI is InChI=1S/C13H25NO4/c1-2-18-11-7-8-12(15)14-10-6-4-3-5-9-13(16)17/h2-11H2,1H3,(H,14,15)(H,16,17). The molecule has 18 heavy (non-hydrogen) atoms. The Bertz CT molecular complexity index is 231. The van der Waals surface area contributed by atoms with Crippen LogP contribution in [-0.4, -0.2) is 36.7 Å². The molecule has 106 valence electrons. The summed E-state index contributed by atoms with van der Waals surface area (Å²) in [5.41, 5.74) is 0. The molecular weight excluding hydrogens is 234 g/mol. The average molecular weight is 259 g/mol. The Morgan fingerprint density at radius 1 is 1.06 bits per heavy atom. The first-order valence-electron chi connectivity index (χ1n) is 6.73. The third-order valence-electron chi connectivity index (χ3n) is 2.54. The largest absolute Gasteiger partial charge is 0.481 e. The first-order chi connectivity index (χ1) is 8.66. The van der Waals surface area contributed by atoms with Crippen molar-refractivity contribution in [1.29, 1.82) is 0 Å². The summed E-state index contributed by atoms with van der Waals surface area (Å²) in [6.45, 7) is 3.95. The van der Waals surface area contributed by atoms with E-state index in [0.29, 0.717) is 26.2 Å². The number of rotatable bonds is 12. The van der Waals surface area contributed by atoms with Gasteiger partial charge >= 0.3 is 5.97 Å². The highest BCUT2D eigenvalue weighted by Gasteiger charge is 2.00. The van der Waals surface area contributed by atoms with Gasteiger partial charge in [-0.3, -0.25) is 9.59 Å². The Labute approximate surface area is 109 Å². The molecule has 0 radical (unpaired) electrons. The molecule has 2 N–H and O–H groups in total. The molecule has 0 unspecified atom stereocenters. The summed E-state index contributed by atoms with van der Waals surface area (Å²) in [4.78, 5) is 21.6. The Kier molecular flexibility index (Phi) is 11.6. The third kappa shape index (κ3) is 13.0. The number of carbonyl (C=O) groups excluding carboxylic acids is 1. The van der Waals surface area contributed by atoms with Gasteiger partial charge in [-0.1, -0.05) is 12.8 Å². The predicted octanol–water partition coefficient (Wildman–Crippen LogP) is 1.95. The van der Waals surface area contributed by atoms with E-state index in [2.05, 4.69) is 5.32 Å². The van der Waals surface area contributed by atoms with E-state index < -0.39 is 5.97 Å². The SMILES string of the molecule is CCOCCCC(=O)NCCCCCCC(=O)O. The Morgan fingerprint density at radius 2 is 1.78 bits per heavy atom. The van der Waals surface area contributed by atoms with Crippen molar-refractivity contribution >= 4 is 11.9 Å². The molecule has 0 aliphatic carbocycles. The van der Waals surface area contributed by atoms with Gasteiger partial charge in [-0.15, -0.1) is 0 Å². The molecule has 0 bridgehead atoms. The van der Waals surface area contributed by atoms with Gasteiger partial charge in [0.25, 0.3) is 0 Å². The molecule has 1 amide bonds. The summed E-state index contributed by atoms with van der Waals surface area (Å²) < 4.78 is 5.15. The van der Waals surface area contributed by atoms with Crippen LogP contribution in [0.15, 0.2) is 0 Å². The van der Waals surface area contributed by atoms with E-state index >= 15 is 0 Å². The minimum absolute atomic E-state index is 0.0697. The summed E-state index contributed by atoms with van der Waals surface area (Å²) in [5, 5.41) is 11.3. The van der Waals surface area contributed by atoms with Crippen LogP contribution in [0.4, 0.5) is 0 Å². The number of carboxylic acids is 1. The predicted molar refractivity (Wildman–Crippen MR) is 69.5 cm³/mol. The molecule has 5 heteroatoms. The van der Waals surface area contributed by atoms with Gasteiger partial charge in [-0.25, -0.2) is 0 Å². The van der Waals surface area contributed by atoms with Crippen molar-refractivity contribution in [2.75, 3.05) is 19.8 Å². The lowest BCUT2D eigenvalue weighted by molar-refractivity contribution is -0.137. The van der Waals surface area contributed by atoms with Gasteiger partial charge in [-0.2, -0.15) is 0 Å². The zero-order valence-corrected chi connectivity index (χ0v) is 11.2. The number of nitrogens with one attached hydrogen (secondary N) is 1. The van der Waals surface area contributed by atoms with Crippen LogP contribution in [-0.2, 0) is 14.3 Å². The van der Waals surface area contributed by atoms with Gasteiger partial charge in [-0.05, 0) is 26.2 Å². The number of unbranched alkanes of at least 4 members (excludes halogenated alkanes) is 3. The smallest absolute Gasteiger partial charge is 0.303 e. The van der Waals surface area contributed by atoms with E-state index in [1.54, 1.807) is 0 Å². The fourth-order valence-electron chi connectivity index (χ4n) is 1.55. The van der Waals surface area contributed by atoms with Crippen molar-refractivity contribution in [3.63, 3.8) is 0 Å². The van der Waals surface area contributed by atoms with Crippen LogP contribution < -0.4 is 5.32 Å². The van der Waals surface area contributed by atoms with E-state index in [9.17, 15) is 9.59 Å². The van der Waals surface area contributed by atoms with E-state index in [4.69, 9.17) is 9.84 Å². The fourth-order valence-corrected chi connectivity index (χ4v) is 1.55. The van der Waals surface area contributed by atoms with Crippen molar-refractivity contribution in [2.45, 2.75) is 51.9 Å². The first-order valence-corrected chi connectivity index (χ1v) is 6.73. The highest BCUT2D eigenvalue weighted by atomic mass is 16.5. The summed E-state index contributed by atoms with van der Waals surface area (Å²) in [5.74, 6) is -0.669. The van der Waals surface area contributed by atoms with Crippen LogP contribution in [0.1, 0.15) is 51.9 Å². The number of ether oxygens (including phenoxy) is 1. The molecule has 0 aliphatic rings. The Balaban J connectivity index is 3.17. The van der Waals surface area contributed by atoms with Gasteiger partial charge in [0, 0.05) is 32.6 Å². The highest BCUT2D eigenvalue weighted by Crippen LogP contribution is 2.02. The lowest BCUT2D eigenvalue weighted by atomic mass is 10.1. The molecule has 0 spiro atoms. The number of carboxylic acid groups (broad SMARTS) is 1. The molecule has 0 rings (SSSR count). The molecule has 0 fully saturated rings. The molecule has 0 aromatic heterocycles. The zero-order valence-electron chi connectivity index (χ0n) is 11.2. The molecule has 5 nitrogen and oxygen atoms in total. The van der Waals surface area contributed by atoms with E-state index in [1.165, 1.54) is 0 Å². The van der Waals surface area contributed by atoms with Gasteiger partial charge in [0.05, 0.1) is 0 Å². The molecule has 0 heterocycles. The monoisotopic (exact) mass is 259 g/mol. The van der Waals surface area contributed by atoms with Crippen molar-refractivity contribution in [3.05, 3.63) is 0 Å². The summed E-state index contributed by atoms with van der Waals surface area (Å²) in [6, 6.07) is 0. The quantitative estimate of drug-likeness (QED) is 0.525. The second-order valence-corrected chi connectivity index (χ2v) is 4.21. The molecule has 0 aliphatic heterocycles. The summed E-state index contributed by atoms with van der Waals surface area (Å²) >= 11 is 0. The summed E-state index contributed by atoms with van der Waals surface area (Å²) in [6.07, 6.45) is 5.02. The van der Waals surface area contributed by atoms with Crippen molar-refractivity contribution in [1.82, 2.24) is 5.32 Å². The van der Waals surface area contributed by atoms with Crippen LogP contribution >= 0.6 is 0 Å². The second kappa shape index (κ2) is 12.4. The van der Waals surface area contributed by atoms with Crippen LogP contribution in [0.5, 0.6) is 0 Å². The van der Waals surface area contributed by atoms with Crippen molar-refractivity contribution in [3.8, 4) is 0 Å². The van der Waals surface area contributed by atoms with E-state index in [-0.39, 0.29) is 12.3 Å². The van der Waals surface area contributed by atoms with E-state index in [1.807, 2.05) is 6.92 Å². The normalized spacial score (nSPS) is 10.3. The molecular formula is C13H25NO4. The topological polar surface area (TPSA) is 75.6 Å². The number of carbonyl (C=O) groups is 2. The molecule has 0 atom stereocenters. The second-order valence-electron chi connectivity index (χ2n) is 4.21. The number of aliphatic carboxylic acids is 1. The van der Waals surface area contributed by atoms with Crippen LogP contribution in [0.25, 0.3) is 0 Å². The van der Waals surface area contributed by atoms with Gasteiger partial charge in [0.15, 0.2) is 0 Å². The van der Waals surface area contributed by atoms with Crippen molar-refractivity contribution in [2.24, 2.45) is 0 Å². The van der Waals surface area contributed by atoms with Gasteiger partial charge < -0.3 is 15.2 Å². The maximum Gasteiger partial charge on any atom is 0.303 e. The number of amides is 1. The van der Waals surface area contributed by atoms with Crippen LogP contribution in [0.3, 0.4) is 0 Å². The van der Waals surface area contributed by atoms with Gasteiger partial charge in [0.2, 0.25) is 5.91 Å². The Morgan fingerprint density at radius 3 is 2.44 bits per heavy atom. The number of hydrogen-bond acceptors (Lipinski definition) is 3. The minimum atomic E-state index is -0.738. The molecule has 0 saturated carbocycles. The van der Waals surface area contributed by atoms with Crippen LogP contribution in [0.2, 0.25) is 0 Å². The lowest BCUT2D eigenvalue weighted by Gasteiger charge is -2.05. The maximum atomic E-state index is 11.3. The third-order valence-corrected chi connectivity index (χ3v) is 2.54. The number of hydrogen-bond donors (Lipinski definition) is 2. The fraction of sp³-hybridized carbons (Fsp3) is 0.846. The van der Waals surface area contributed by atoms with E-state index in [0.717, 1.165) is 32.1 Å². The van der Waals surface area contributed by atoms with Gasteiger partial charge in [0.1, 0.15) is 0 Å². The molecule has 0 saturated heterocycles. The average Bonchev–Trinajstić information content (AvgIpc) is 2.33. The zero-order chi connectivity index (χ0) is 13.6. The summed E-state index contributed by atoms with van der Waals surface area (Å²) in [7, 11) is 0. The Hall–Kier alpha value is -1.10. The first kappa shape index (κ1) is 16.9. The minimum Gasteiger partial charge on any atom is -0.481 e. The van der Waals surface area contributed by atoms with Crippen LogP contribution in [0, 0.1) is 0 Å². The highest BCUT2D eigenvalue weighted by molar-refractivity contribution is 5.75. The van der Waals surface area contributed by atoms with Crippen molar-refractivity contribution < 1.29 is 19.4 Å². The lowest BCUT2D eigenvalue weighted by Crippen LogP contribution is -2.24. The maximum absolute atomic E-state index is 11.3. The molecule has 0 aromatic carbocycles.